The fourth-order valence-electron chi connectivity index (χ4n) is 7.77. The van der Waals surface area contributed by atoms with Crippen LogP contribution in [0.2, 0.25) is 0 Å². The summed E-state index contributed by atoms with van der Waals surface area (Å²) in [5, 5.41) is 9.25. The molecule has 11 aromatic rings. The fourth-order valence-corrected chi connectivity index (χ4v) is 7.77. The van der Waals surface area contributed by atoms with E-state index in [0.717, 1.165) is 44.2 Å². The molecule has 0 saturated heterocycles. The number of hydrogen-bond donors (Lipinski definition) is 0. The highest BCUT2D eigenvalue weighted by molar-refractivity contribution is 6.26. The van der Waals surface area contributed by atoms with Gasteiger partial charge in [-0.05, 0) is 73.3 Å². The first-order valence-electron chi connectivity index (χ1n) is 20.6. The minimum atomic E-state index is -0.425. The zero-order chi connectivity index (χ0) is 40.6. The molecule has 0 aliphatic carbocycles. The molecule has 0 aliphatic heterocycles. The molecule has 0 bridgehead atoms. The van der Waals surface area contributed by atoms with Gasteiger partial charge in [-0.3, -0.25) is 0 Å². The molecule has 2 heterocycles. The van der Waals surface area contributed by atoms with Crippen LogP contribution < -0.4 is 0 Å². The Labute approximate surface area is 324 Å². The van der Waals surface area contributed by atoms with E-state index in [2.05, 4.69) is 91.0 Å². The molecule has 0 saturated carbocycles. The fraction of sp³-hybridized carbons (Fsp3) is 0. The maximum absolute atomic E-state index is 8.46. The molecular formula is C51H31N3O. The van der Waals surface area contributed by atoms with Crippen LogP contribution in [0.4, 0.5) is 0 Å². The summed E-state index contributed by atoms with van der Waals surface area (Å²) < 4.78 is 47.8. The van der Waals surface area contributed by atoms with Crippen LogP contribution in [0.3, 0.4) is 0 Å². The normalized spacial score (nSPS) is 12.9. The third-order valence-electron chi connectivity index (χ3n) is 10.4. The molecular weight excluding hydrogens is 671 g/mol. The van der Waals surface area contributed by atoms with Crippen molar-refractivity contribution in [2.45, 2.75) is 0 Å². The minimum Gasteiger partial charge on any atom is -0.455 e. The van der Waals surface area contributed by atoms with Gasteiger partial charge in [-0.1, -0.05) is 164 Å². The summed E-state index contributed by atoms with van der Waals surface area (Å²) >= 11 is 0. The topological polar surface area (TPSA) is 51.8 Å². The van der Waals surface area contributed by atoms with E-state index in [-0.39, 0.29) is 29.7 Å². The van der Waals surface area contributed by atoms with Gasteiger partial charge in [-0.25, -0.2) is 15.0 Å². The molecule has 11 rings (SSSR count). The molecule has 0 unspecified atom stereocenters. The van der Waals surface area contributed by atoms with Gasteiger partial charge in [0.15, 0.2) is 17.5 Å². The Morgan fingerprint density at radius 1 is 0.345 bits per heavy atom. The number of aromatic nitrogens is 3. The second kappa shape index (κ2) is 12.6. The third kappa shape index (κ3) is 5.26. The van der Waals surface area contributed by atoms with Crippen molar-refractivity contribution in [1.29, 1.82) is 0 Å². The summed E-state index contributed by atoms with van der Waals surface area (Å²) in [4.78, 5) is 14.8. The van der Waals surface area contributed by atoms with Gasteiger partial charge in [0.1, 0.15) is 11.2 Å². The Kier molecular flexibility index (Phi) is 6.04. The van der Waals surface area contributed by atoms with Crippen LogP contribution in [0.1, 0.15) is 6.85 Å². The lowest BCUT2D eigenvalue weighted by atomic mass is 9.92. The van der Waals surface area contributed by atoms with Crippen LogP contribution in [-0.4, -0.2) is 15.0 Å². The Balaban J connectivity index is 1.03. The van der Waals surface area contributed by atoms with E-state index in [1.54, 1.807) is 24.3 Å². The average Bonchev–Trinajstić information content (AvgIpc) is 3.69. The molecule has 0 aliphatic rings. The van der Waals surface area contributed by atoms with Crippen molar-refractivity contribution in [3.63, 3.8) is 0 Å². The van der Waals surface area contributed by atoms with E-state index >= 15 is 0 Å². The maximum atomic E-state index is 8.46. The molecule has 4 heteroatoms. The molecule has 0 amide bonds. The Morgan fingerprint density at radius 3 is 1.55 bits per heavy atom. The highest BCUT2D eigenvalue weighted by Crippen LogP contribution is 2.41. The van der Waals surface area contributed by atoms with Gasteiger partial charge >= 0.3 is 0 Å². The summed E-state index contributed by atoms with van der Waals surface area (Å²) in [7, 11) is 0. The molecule has 0 spiro atoms. The minimum absolute atomic E-state index is 0.139. The molecule has 55 heavy (non-hydrogen) atoms. The van der Waals surface area contributed by atoms with E-state index < -0.39 is 6.04 Å². The third-order valence-corrected chi connectivity index (χ3v) is 10.4. The number of para-hydroxylation sites is 1. The number of hydrogen-bond acceptors (Lipinski definition) is 4. The van der Waals surface area contributed by atoms with E-state index in [1.165, 1.54) is 32.3 Å². The van der Waals surface area contributed by atoms with E-state index in [1.807, 2.05) is 42.5 Å². The van der Waals surface area contributed by atoms with Crippen molar-refractivity contribution in [3.05, 3.63) is 188 Å². The summed E-state index contributed by atoms with van der Waals surface area (Å²) in [6.07, 6.45) is 0. The Hall–Kier alpha value is -7.43. The van der Waals surface area contributed by atoms with Crippen molar-refractivity contribution in [3.8, 4) is 56.4 Å². The summed E-state index contributed by atoms with van der Waals surface area (Å²) in [6.45, 7) is 0. The van der Waals surface area contributed by atoms with Gasteiger partial charge in [0.2, 0.25) is 0 Å². The van der Waals surface area contributed by atoms with Crippen molar-refractivity contribution >= 4 is 54.3 Å². The maximum Gasteiger partial charge on any atom is 0.164 e. The van der Waals surface area contributed by atoms with E-state index in [0.29, 0.717) is 28.6 Å². The Bertz CT molecular complexity index is 3490. The molecule has 9 aromatic carbocycles. The van der Waals surface area contributed by atoms with Crippen LogP contribution >= 0.6 is 0 Å². The second-order valence-electron chi connectivity index (χ2n) is 13.6. The highest BCUT2D eigenvalue weighted by Gasteiger charge is 2.18. The monoisotopic (exact) mass is 706 g/mol. The molecule has 2 aromatic heterocycles. The first kappa shape index (κ1) is 26.4. The quantitative estimate of drug-likeness (QED) is 0.167. The number of furan rings is 1. The van der Waals surface area contributed by atoms with Crippen LogP contribution in [0.5, 0.6) is 0 Å². The SMILES string of the molecule is [2H]c1c([2H])c([2H])c(-c2ccc(-c3nc(-c4ccccc4)nc(-c4ccc5oc6c(-c7ccc8c9ccccc9c9ccccc9c8c7)cccc6c5c4)n3)cc2)c([2H])c1[2H]. The largest absolute Gasteiger partial charge is 0.455 e. The van der Waals surface area contributed by atoms with Gasteiger partial charge < -0.3 is 4.42 Å². The summed E-state index contributed by atoms with van der Waals surface area (Å²) in [5.41, 5.74) is 6.56. The molecule has 0 fully saturated rings. The standard InChI is InChI=1S/C51H31N3O/c1-3-12-32(13-4-1)33-22-24-35(25-23-33)50-52-49(34-14-5-2-6-15-34)53-51(54-50)37-27-29-47-46(31-37)44-21-11-20-38(48(44)55-47)36-26-28-43-41-18-8-7-16-39(41)40-17-9-10-19-42(40)45(43)30-36/h1-31H/i1D,3D,4D,12D,13D. The number of rotatable bonds is 5. The summed E-state index contributed by atoms with van der Waals surface area (Å²) in [6, 6.07) is 51.3. The molecule has 0 radical (unpaired) electrons. The van der Waals surface area contributed by atoms with Crippen molar-refractivity contribution in [2.24, 2.45) is 0 Å². The van der Waals surface area contributed by atoms with Crippen LogP contribution in [0, 0.1) is 0 Å². The zero-order valence-electron chi connectivity index (χ0n) is 34.3. The molecule has 256 valence electrons. The van der Waals surface area contributed by atoms with Gasteiger partial charge in [-0.15, -0.1) is 0 Å². The highest BCUT2D eigenvalue weighted by atomic mass is 16.3. The van der Waals surface area contributed by atoms with Gasteiger partial charge in [0.25, 0.3) is 0 Å². The number of nitrogens with zero attached hydrogens (tertiary/aromatic N) is 3. The smallest absolute Gasteiger partial charge is 0.164 e. The zero-order valence-corrected chi connectivity index (χ0v) is 29.3. The summed E-state index contributed by atoms with van der Waals surface area (Å²) in [5.74, 6) is 1.42. The first-order valence-corrected chi connectivity index (χ1v) is 18.1. The lowest BCUT2D eigenvalue weighted by molar-refractivity contribution is 0.670. The van der Waals surface area contributed by atoms with Crippen molar-refractivity contribution in [2.75, 3.05) is 0 Å². The molecule has 0 N–H and O–H groups in total. The van der Waals surface area contributed by atoms with Crippen LogP contribution in [0.25, 0.3) is 111 Å². The van der Waals surface area contributed by atoms with E-state index in [4.69, 9.17) is 26.2 Å². The predicted molar refractivity (Wildman–Crippen MR) is 227 cm³/mol. The molecule has 0 atom stereocenters. The number of benzene rings is 9. The number of fused-ring (bicyclic) bond motifs is 9. The van der Waals surface area contributed by atoms with Crippen LogP contribution in [-0.2, 0) is 0 Å². The lowest BCUT2D eigenvalue weighted by Gasteiger charge is -2.12. The van der Waals surface area contributed by atoms with Gasteiger partial charge in [0.05, 0.1) is 6.85 Å². The van der Waals surface area contributed by atoms with Crippen molar-refractivity contribution < 1.29 is 11.3 Å². The molecule has 4 nitrogen and oxygen atoms in total. The van der Waals surface area contributed by atoms with Crippen LogP contribution in [0.15, 0.2) is 192 Å². The lowest BCUT2D eigenvalue weighted by Crippen LogP contribution is -2.00. The predicted octanol–water partition coefficient (Wildman–Crippen LogP) is 13.6. The van der Waals surface area contributed by atoms with Gasteiger partial charge in [0, 0.05) is 33.0 Å². The van der Waals surface area contributed by atoms with Crippen molar-refractivity contribution in [1.82, 2.24) is 15.0 Å². The average molecular weight is 707 g/mol. The second-order valence-corrected chi connectivity index (χ2v) is 13.6. The van der Waals surface area contributed by atoms with Gasteiger partial charge in [-0.2, -0.15) is 0 Å². The first-order chi connectivity index (χ1) is 29.3. The Morgan fingerprint density at radius 2 is 0.855 bits per heavy atom. The van der Waals surface area contributed by atoms with E-state index in [9.17, 15) is 0 Å².